The van der Waals surface area contributed by atoms with Crippen molar-refractivity contribution in [2.24, 2.45) is 9.98 Å². The molecule has 55 heavy (non-hydrogen) atoms. The summed E-state index contributed by atoms with van der Waals surface area (Å²) in [6.45, 7) is 14.1. The largest absolute Gasteiger partial charge is 0.361 e. The first-order valence-electron chi connectivity index (χ1n) is 19.0. The van der Waals surface area contributed by atoms with Crippen LogP contribution in [-0.2, 0) is 0 Å². The number of nitrogens with zero attached hydrogens (tertiary/aromatic N) is 2. The molecule has 4 aromatic carbocycles. The van der Waals surface area contributed by atoms with Gasteiger partial charge in [-0.15, -0.1) is 0 Å². The van der Waals surface area contributed by atoms with Gasteiger partial charge in [0, 0.05) is 41.7 Å². The van der Waals surface area contributed by atoms with E-state index in [9.17, 15) is 0 Å². The molecule has 280 valence electrons. The standard InChI is InChI=1S/C48H49N5.C2H6/c1-6-9-24-36(4)40-29-16-19-32-43(40)53-48(50-35-37(22-7-2)23-8-3)46(51-44-33-20-17-30-41(44)38-25-12-10-13-26-38)47(49-5)52-45-34-21-18-31-42(45)39-27-14-11-15-28-39;1-2/h6-35,42,45,51,53H,2H2,1,3-5H3,(H,49,52);1-2H3/b9-6-,23-8-,36-24+,37-22+,48-46-,50-35+;. The van der Waals surface area contributed by atoms with Crippen LogP contribution in [0.5, 0.6) is 0 Å². The highest BCUT2D eigenvalue weighted by atomic mass is 15.1. The summed E-state index contributed by atoms with van der Waals surface area (Å²) in [5, 5.41) is 11.4. The van der Waals surface area contributed by atoms with E-state index in [-0.39, 0.29) is 12.0 Å². The number of nitrogens with one attached hydrogen (secondary N) is 3. The van der Waals surface area contributed by atoms with E-state index >= 15 is 0 Å². The first kappa shape index (κ1) is 41.3. The molecular formula is C50H55N5. The fourth-order valence-corrected chi connectivity index (χ4v) is 6.13. The Morgan fingerprint density at radius 3 is 2.07 bits per heavy atom. The van der Waals surface area contributed by atoms with Crippen molar-refractivity contribution in [1.29, 1.82) is 0 Å². The third-order valence-corrected chi connectivity index (χ3v) is 8.75. The molecule has 0 saturated heterocycles. The Morgan fingerprint density at radius 1 is 0.727 bits per heavy atom. The maximum atomic E-state index is 5.18. The van der Waals surface area contributed by atoms with Crippen LogP contribution in [0.3, 0.4) is 0 Å². The molecular weight excluding hydrogens is 671 g/mol. The van der Waals surface area contributed by atoms with Crippen molar-refractivity contribution >= 4 is 29.0 Å². The first-order valence-corrected chi connectivity index (χ1v) is 19.0. The van der Waals surface area contributed by atoms with Crippen LogP contribution in [0.25, 0.3) is 16.7 Å². The fourth-order valence-electron chi connectivity index (χ4n) is 6.13. The van der Waals surface area contributed by atoms with Gasteiger partial charge in [-0.1, -0.05) is 184 Å². The SMILES string of the molecule is C=C/C=C(\C=C/C)/C=N/C(Nc1ccccc1/C(C)=C/C=C\C)=C(/Nc1ccccc1-c1ccccc1)C(=NC)NC1C=CC=CC1c1ccccc1.CC. The molecule has 0 amide bonds. The minimum atomic E-state index is -0.0787. The van der Waals surface area contributed by atoms with Crippen LogP contribution in [0.15, 0.2) is 210 Å². The van der Waals surface area contributed by atoms with Gasteiger partial charge < -0.3 is 16.0 Å². The molecule has 5 heteroatoms. The van der Waals surface area contributed by atoms with E-state index in [1.165, 1.54) is 5.56 Å². The molecule has 2 unspecified atom stereocenters. The summed E-state index contributed by atoms with van der Waals surface area (Å²) >= 11 is 0. The maximum Gasteiger partial charge on any atom is 0.158 e. The van der Waals surface area contributed by atoms with E-state index in [2.05, 4.69) is 151 Å². The number of para-hydroxylation sites is 2. The van der Waals surface area contributed by atoms with Crippen LogP contribution in [0.4, 0.5) is 11.4 Å². The predicted octanol–water partition coefficient (Wildman–Crippen LogP) is 12.7. The second-order valence-electron chi connectivity index (χ2n) is 12.4. The highest BCUT2D eigenvalue weighted by Crippen LogP contribution is 2.32. The number of allylic oxidation sites excluding steroid dienone is 11. The molecule has 1 aliphatic carbocycles. The lowest BCUT2D eigenvalue weighted by Crippen LogP contribution is -2.41. The lowest BCUT2D eigenvalue weighted by molar-refractivity contribution is 0.647. The Labute approximate surface area is 329 Å². The first-order chi connectivity index (χ1) is 27.1. The van der Waals surface area contributed by atoms with Gasteiger partial charge in [0.05, 0.1) is 6.04 Å². The molecule has 0 fully saturated rings. The molecule has 0 spiro atoms. The van der Waals surface area contributed by atoms with Crippen molar-refractivity contribution in [3.05, 3.63) is 211 Å². The van der Waals surface area contributed by atoms with Crippen LogP contribution in [0, 0.1) is 0 Å². The number of anilines is 2. The third-order valence-electron chi connectivity index (χ3n) is 8.75. The normalized spacial score (nSPS) is 16.5. The summed E-state index contributed by atoms with van der Waals surface area (Å²) in [5.74, 6) is 1.32. The van der Waals surface area contributed by atoms with Crippen molar-refractivity contribution in [1.82, 2.24) is 5.32 Å². The molecule has 0 aromatic heterocycles. The summed E-state index contributed by atoms with van der Waals surface area (Å²) < 4.78 is 0. The van der Waals surface area contributed by atoms with Crippen LogP contribution >= 0.6 is 0 Å². The molecule has 3 N–H and O–H groups in total. The monoisotopic (exact) mass is 725 g/mol. The third kappa shape index (κ3) is 11.8. The van der Waals surface area contributed by atoms with E-state index in [0.29, 0.717) is 17.4 Å². The van der Waals surface area contributed by atoms with Gasteiger partial charge in [-0.05, 0) is 55.2 Å². The Bertz CT molecular complexity index is 2110. The van der Waals surface area contributed by atoms with E-state index in [4.69, 9.17) is 9.98 Å². The summed E-state index contributed by atoms with van der Waals surface area (Å²) in [6, 6.07) is 37.5. The van der Waals surface area contributed by atoms with Gasteiger partial charge in [-0.25, -0.2) is 4.99 Å². The van der Waals surface area contributed by atoms with Gasteiger partial charge in [-0.3, -0.25) is 4.99 Å². The topological polar surface area (TPSA) is 60.8 Å². The van der Waals surface area contributed by atoms with Crippen LogP contribution in [0.1, 0.15) is 51.7 Å². The molecule has 5 rings (SSSR count). The zero-order chi connectivity index (χ0) is 39.3. The predicted molar refractivity (Wildman–Crippen MR) is 242 cm³/mol. The van der Waals surface area contributed by atoms with Crippen molar-refractivity contribution in [2.45, 2.75) is 46.6 Å². The Balaban J connectivity index is 0.00000331. The van der Waals surface area contributed by atoms with Gasteiger partial charge in [-0.2, -0.15) is 0 Å². The number of rotatable bonds is 14. The van der Waals surface area contributed by atoms with E-state index < -0.39 is 0 Å². The Hall–Kier alpha value is -6.46. The average molecular weight is 726 g/mol. The Morgan fingerprint density at radius 2 is 1.38 bits per heavy atom. The molecule has 0 aliphatic heterocycles. The molecule has 1 aliphatic rings. The number of benzene rings is 4. The quantitative estimate of drug-likeness (QED) is 0.0689. The zero-order valence-electron chi connectivity index (χ0n) is 33.1. The summed E-state index contributed by atoms with van der Waals surface area (Å²) in [4.78, 5) is 10.1. The molecule has 0 saturated carbocycles. The minimum absolute atomic E-state index is 0.0787. The van der Waals surface area contributed by atoms with Crippen molar-refractivity contribution in [3.63, 3.8) is 0 Å². The van der Waals surface area contributed by atoms with Crippen molar-refractivity contribution in [3.8, 4) is 11.1 Å². The molecule has 0 radical (unpaired) electrons. The van der Waals surface area contributed by atoms with Crippen molar-refractivity contribution < 1.29 is 0 Å². The number of hydrogen-bond acceptors (Lipinski definition) is 4. The zero-order valence-corrected chi connectivity index (χ0v) is 33.1. The fraction of sp³-hybridized carbons (Fsp3) is 0.160. The molecule has 5 nitrogen and oxygen atoms in total. The van der Waals surface area contributed by atoms with Crippen LogP contribution in [-0.4, -0.2) is 25.1 Å². The summed E-state index contributed by atoms with van der Waals surface area (Å²) in [7, 11) is 1.81. The molecule has 0 bridgehead atoms. The van der Waals surface area contributed by atoms with Crippen molar-refractivity contribution in [2.75, 3.05) is 17.7 Å². The highest BCUT2D eigenvalue weighted by molar-refractivity contribution is 6.03. The van der Waals surface area contributed by atoms with Gasteiger partial charge in [0.1, 0.15) is 11.5 Å². The number of amidine groups is 1. The summed E-state index contributed by atoms with van der Waals surface area (Å²) in [6.07, 6.45) is 24.4. The summed E-state index contributed by atoms with van der Waals surface area (Å²) in [5.41, 5.74) is 8.95. The van der Waals surface area contributed by atoms with E-state index in [0.717, 1.165) is 39.2 Å². The number of hydrogen-bond donors (Lipinski definition) is 3. The van der Waals surface area contributed by atoms with Crippen LogP contribution in [0.2, 0.25) is 0 Å². The second kappa shape index (κ2) is 22.6. The van der Waals surface area contributed by atoms with Gasteiger partial charge in [0.25, 0.3) is 0 Å². The maximum absolute atomic E-state index is 5.18. The van der Waals surface area contributed by atoms with Gasteiger partial charge in [0.15, 0.2) is 5.82 Å². The molecule has 2 atom stereocenters. The minimum Gasteiger partial charge on any atom is -0.361 e. The molecule has 0 heterocycles. The van der Waals surface area contributed by atoms with E-state index in [1.807, 2.05) is 89.5 Å². The van der Waals surface area contributed by atoms with Gasteiger partial charge >= 0.3 is 0 Å². The number of aliphatic imine (C=N–C) groups is 2. The Kier molecular flexibility index (Phi) is 16.9. The lowest BCUT2D eigenvalue weighted by Gasteiger charge is -2.29. The highest BCUT2D eigenvalue weighted by Gasteiger charge is 2.25. The molecule has 4 aromatic rings. The smallest absolute Gasteiger partial charge is 0.158 e. The van der Waals surface area contributed by atoms with Crippen LogP contribution < -0.4 is 16.0 Å². The second-order valence-corrected chi connectivity index (χ2v) is 12.4. The average Bonchev–Trinajstić information content (AvgIpc) is 3.24. The van der Waals surface area contributed by atoms with Gasteiger partial charge in [0.2, 0.25) is 0 Å². The van der Waals surface area contributed by atoms with E-state index in [1.54, 1.807) is 6.08 Å². The lowest BCUT2D eigenvalue weighted by atomic mass is 9.88.